The normalized spacial score (nSPS) is 19.8. The van der Waals surface area contributed by atoms with Crippen LogP contribution < -0.4 is 5.73 Å². The summed E-state index contributed by atoms with van der Waals surface area (Å²) >= 11 is 0. The molecule has 2 rings (SSSR count). The molecule has 3 heteroatoms. The maximum atomic E-state index is 12.4. The average Bonchev–Trinajstić information content (AvgIpc) is 2.73. The van der Waals surface area contributed by atoms with Gasteiger partial charge in [0.15, 0.2) is 0 Å². The van der Waals surface area contributed by atoms with Crippen LogP contribution in [-0.2, 0) is 5.41 Å². The molecule has 0 aliphatic carbocycles. The van der Waals surface area contributed by atoms with Crippen LogP contribution >= 0.6 is 0 Å². The van der Waals surface area contributed by atoms with E-state index in [1.807, 2.05) is 17.0 Å². The zero-order valence-electron chi connectivity index (χ0n) is 12.4. The van der Waals surface area contributed by atoms with Gasteiger partial charge in [0.2, 0.25) is 0 Å². The first-order valence-electron chi connectivity index (χ1n) is 6.95. The number of hydrogen-bond donors (Lipinski definition) is 1. The second-order valence-electron chi connectivity index (χ2n) is 6.58. The number of aryl methyl sites for hydroxylation is 1. The zero-order valence-corrected chi connectivity index (χ0v) is 12.4. The Bertz CT molecular complexity index is 488. The molecular weight excluding hydrogens is 236 g/mol. The van der Waals surface area contributed by atoms with Crippen LogP contribution in [0.3, 0.4) is 0 Å². The maximum Gasteiger partial charge on any atom is 0.253 e. The van der Waals surface area contributed by atoms with Gasteiger partial charge < -0.3 is 10.6 Å². The maximum absolute atomic E-state index is 12.4. The van der Waals surface area contributed by atoms with Gasteiger partial charge in [-0.05, 0) is 42.0 Å². The summed E-state index contributed by atoms with van der Waals surface area (Å²) in [5, 5.41) is 0. The molecule has 1 aliphatic rings. The van der Waals surface area contributed by atoms with E-state index in [2.05, 4.69) is 33.8 Å². The van der Waals surface area contributed by atoms with Crippen LogP contribution in [0, 0.1) is 6.92 Å². The SMILES string of the molecule is Cc1cc(C(=O)N2CCC(N)C2)ccc1C(C)(C)C. The Balaban J connectivity index is 2.23. The Morgan fingerprint density at radius 2 is 2.05 bits per heavy atom. The van der Waals surface area contributed by atoms with E-state index in [0.717, 1.165) is 18.5 Å². The van der Waals surface area contributed by atoms with Gasteiger partial charge in [-0.1, -0.05) is 26.8 Å². The number of nitrogens with zero attached hydrogens (tertiary/aromatic N) is 1. The van der Waals surface area contributed by atoms with Crippen molar-refractivity contribution in [1.29, 1.82) is 0 Å². The number of carbonyl (C=O) groups is 1. The number of carbonyl (C=O) groups excluding carboxylic acids is 1. The number of rotatable bonds is 1. The molecular formula is C16H24N2O. The molecule has 19 heavy (non-hydrogen) atoms. The fourth-order valence-corrected chi connectivity index (χ4v) is 2.79. The number of amides is 1. The molecule has 0 aromatic heterocycles. The summed E-state index contributed by atoms with van der Waals surface area (Å²) in [5.41, 5.74) is 9.22. The number of nitrogens with two attached hydrogens (primary N) is 1. The molecule has 1 saturated heterocycles. The third-order valence-electron chi connectivity index (χ3n) is 3.79. The van der Waals surface area contributed by atoms with Crippen LogP contribution in [0.5, 0.6) is 0 Å². The van der Waals surface area contributed by atoms with E-state index in [0.29, 0.717) is 6.54 Å². The zero-order chi connectivity index (χ0) is 14.2. The molecule has 104 valence electrons. The van der Waals surface area contributed by atoms with Gasteiger partial charge in [0.25, 0.3) is 5.91 Å². The van der Waals surface area contributed by atoms with Crippen molar-refractivity contribution >= 4 is 5.91 Å². The minimum Gasteiger partial charge on any atom is -0.337 e. The molecule has 0 saturated carbocycles. The molecule has 1 heterocycles. The highest BCUT2D eigenvalue weighted by Crippen LogP contribution is 2.26. The van der Waals surface area contributed by atoms with Gasteiger partial charge in [0, 0.05) is 24.7 Å². The summed E-state index contributed by atoms with van der Waals surface area (Å²) in [6, 6.07) is 6.17. The van der Waals surface area contributed by atoms with Crippen LogP contribution in [0.15, 0.2) is 18.2 Å². The number of hydrogen-bond acceptors (Lipinski definition) is 2. The fraction of sp³-hybridized carbons (Fsp3) is 0.562. The lowest BCUT2D eigenvalue weighted by atomic mass is 9.83. The first-order chi connectivity index (χ1) is 8.79. The van der Waals surface area contributed by atoms with Crippen LogP contribution in [0.2, 0.25) is 0 Å². The summed E-state index contributed by atoms with van der Waals surface area (Å²) < 4.78 is 0. The van der Waals surface area contributed by atoms with Gasteiger partial charge in [0.05, 0.1) is 0 Å². The number of benzene rings is 1. The van der Waals surface area contributed by atoms with E-state index >= 15 is 0 Å². The smallest absolute Gasteiger partial charge is 0.253 e. The topological polar surface area (TPSA) is 46.3 Å². The molecule has 0 spiro atoms. The standard InChI is InChI=1S/C16H24N2O/c1-11-9-12(5-6-14(11)16(2,3)4)15(19)18-8-7-13(17)10-18/h5-6,9,13H,7-8,10,17H2,1-4H3. The van der Waals surface area contributed by atoms with Crippen molar-refractivity contribution in [2.45, 2.75) is 45.6 Å². The van der Waals surface area contributed by atoms with Crippen molar-refractivity contribution in [1.82, 2.24) is 4.90 Å². The van der Waals surface area contributed by atoms with Gasteiger partial charge in [-0.3, -0.25) is 4.79 Å². The predicted octanol–water partition coefficient (Wildman–Crippen LogP) is 2.47. The molecule has 0 radical (unpaired) electrons. The first kappa shape index (κ1) is 14.1. The quantitative estimate of drug-likeness (QED) is 0.843. The minimum atomic E-state index is 0.108. The van der Waals surface area contributed by atoms with Crippen molar-refractivity contribution in [3.05, 3.63) is 34.9 Å². The van der Waals surface area contributed by atoms with E-state index in [1.54, 1.807) is 0 Å². The van der Waals surface area contributed by atoms with E-state index in [-0.39, 0.29) is 17.4 Å². The molecule has 1 aromatic carbocycles. The Labute approximate surface area is 115 Å². The third kappa shape index (κ3) is 2.98. The summed E-state index contributed by atoms with van der Waals surface area (Å²) in [4.78, 5) is 14.2. The Morgan fingerprint density at radius 1 is 1.37 bits per heavy atom. The van der Waals surface area contributed by atoms with Crippen LogP contribution in [0.1, 0.15) is 48.7 Å². The lowest BCUT2D eigenvalue weighted by Crippen LogP contribution is -2.32. The summed E-state index contributed by atoms with van der Waals surface area (Å²) in [7, 11) is 0. The van der Waals surface area contributed by atoms with Gasteiger partial charge >= 0.3 is 0 Å². The molecule has 3 nitrogen and oxygen atoms in total. The number of likely N-dealkylation sites (tertiary alicyclic amines) is 1. The van der Waals surface area contributed by atoms with Crippen LogP contribution in [-0.4, -0.2) is 29.9 Å². The summed E-state index contributed by atoms with van der Waals surface area (Å²) in [6.07, 6.45) is 0.908. The largest absolute Gasteiger partial charge is 0.337 e. The van der Waals surface area contributed by atoms with E-state index < -0.39 is 0 Å². The monoisotopic (exact) mass is 260 g/mol. The van der Waals surface area contributed by atoms with Gasteiger partial charge in [-0.15, -0.1) is 0 Å². The lowest BCUT2D eigenvalue weighted by molar-refractivity contribution is 0.0790. The molecule has 1 amide bonds. The van der Waals surface area contributed by atoms with Gasteiger partial charge in [-0.2, -0.15) is 0 Å². The fourth-order valence-electron chi connectivity index (χ4n) is 2.79. The predicted molar refractivity (Wildman–Crippen MR) is 78.4 cm³/mol. The van der Waals surface area contributed by atoms with E-state index in [1.165, 1.54) is 11.1 Å². The van der Waals surface area contributed by atoms with Crippen molar-refractivity contribution in [2.24, 2.45) is 5.73 Å². The molecule has 0 bridgehead atoms. The second kappa shape index (κ2) is 4.97. The molecule has 1 aliphatic heterocycles. The Morgan fingerprint density at radius 3 is 2.53 bits per heavy atom. The van der Waals surface area contributed by atoms with Crippen LogP contribution in [0.4, 0.5) is 0 Å². The summed E-state index contributed by atoms with van der Waals surface area (Å²) in [5.74, 6) is 0.108. The minimum absolute atomic E-state index is 0.108. The van der Waals surface area contributed by atoms with Crippen LogP contribution in [0.25, 0.3) is 0 Å². The van der Waals surface area contributed by atoms with Gasteiger partial charge in [-0.25, -0.2) is 0 Å². The van der Waals surface area contributed by atoms with Gasteiger partial charge in [0.1, 0.15) is 0 Å². The van der Waals surface area contributed by atoms with Crippen molar-refractivity contribution in [2.75, 3.05) is 13.1 Å². The highest BCUT2D eigenvalue weighted by Gasteiger charge is 2.25. The van der Waals surface area contributed by atoms with E-state index in [9.17, 15) is 4.79 Å². The first-order valence-corrected chi connectivity index (χ1v) is 6.95. The summed E-state index contributed by atoms with van der Waals surface area (Å²) in [6.45, 7) is 10.1. The molecule has 2 N–H and O–H groups in total. The second-order valence-corrected chi connectivity index (χ2v) is 6.58. The van der Waals surface area contributed by atoms with E-state index in [4.69, 9.17) is 5.73 Å². The average molecular weight is 260 g/mol. The highest BCUT2D eigenvalue weighted by atomic mass is 16.2. The highest BCUT2D eigenvalue weighted by molar-refractivity contribution is 5.94. The third-order valence-corrected chi connectivity index (χ3v) is 3.79. The molecule has 1 fully saturated rings. The molecule has 1 aromatic rings. The Kier molecular flexibility index (Phi) is 3.68. The molecule has 1 unspecified atom stereocenters. The van der Waals surface area contributed by atoms with Crippen molar-refractivity contribution < 1.29 is 4.79 Å². The van der Waals surface area contributed by atoms with Crippen molar-refractivity contribution in [3.8, 4) is 0 Å². The lowest BCUT2D eigenvalue weighted by Gasteiger charge is -2.23. The van der Waals surface area contributed by atoms with Crippen molar-refractivity contribution in [3.63, 3.8) is 0 Å². The molecule has 1 atom stereocenters. The Hall–Kier alpha value is -1.35.